The van der Waals surface area contributed by atoms with Crippen LogP contribution in [0.5, 0.6) is 5.75 Å². The third kappa shape index (κ3) is 4.69. The van der Waals surface area contributed by atoms with Gasteiger partial charge in [0.2, 0.25) is 5.91 Å². The van der Waals surface area contributed by atoms with Gasteiger partial charge in [0.25, 0.3) is 0 Å². The number of likely N-dealkylation sites (tertiary alicyclic amines) is 1. The van der Waals surface area contributed by atoms with Crippen LogP contribution in [0.25, 0.3) is 28.2 Å². The number of halogens is 1. The van der Waals surface area contributed by atoms with Gasteiger partial charge in [0.05, 0.1) is 28.9 Å². The maximum Gasteiger partial charge on any atom is 0.236 e. The Morgan fingerprint density at radius 2 is 2.16 bits per heavy atom. The summed E-state index contributed by atoms with van der Waals surface area (Å²) in [6.45, 7) is 0.840. The molecule has 1 aromatic carbocycles. The second-order valence-electron chi connectivity index (χ2n) is 8.70. The Morgan fingerprint density at radius 1 is 1.30 bits per heavy atom. The Labute approximate surface area is 211 Å². The number of hydrogen-bond acceptors (Lipinski definition) is 8. The maximum absolute atomic E-state index is 15.9. The molecule has 0 radical (unpaired) electrons. The van der Waals surface area contributed by atoms with Crippen molar-refractivity contribution in [1.82, 2.24) is 24.5 Å². The Hall–Kier alpha value is -4.85. The molecule has 186 valence electrons. The molecule has 1 amide bonds. The van der Waals surface area contributed by atoms with Crippen LogP contribution in [-0.4, -0.2) is 60.9 Å². The van der Waals surface area contributed by atoms with Crippen LogP contribution in [-0.2, 0) is 4.79 Å². The lowest BCUT2D eigenvalue weighted by Crippen LogP contribution is -2.45. The first-order chi connectivity index (χ1) is 18.0. The topological polar surface area (TPSA) is 137 Å². The molecule has 0 spiro atoms. The number of hydrogen-bond donors (Lipinski definition) is 2. The molecule has 10 nitrogen and oxygen atoms in total. The summed E-state index contributed by atoms with van der Waals surface area (Å²) in [6, 6.07) is 11.3. The van der Waals surface area contributed by atoms with Crippen LogP contribution in [0.15, 0.2) is 48.8 Å². The Bertz CT molecular complexity index is 1550. The van der Waals surface area contributed by atoms with E-state index in [2.05, 4.69) is 20.4 Å². The summed E-state index contributed by atoms with van der Waals surface area (Å²) in [5, 5.41) is 26.5. The molecule has 1 fully saturated rings. The fourth-order valence-electron chi connectivity index (χ4n) is 4.45. The van der Waals surface area contributed by atoms with E-state index in [1.54, 1.807) is 21.8 Å². The van der Waals surface area contributed by atoms with E-state index in [0.717, 1.165) is 5.52 Å². The third-order valence-electron chi connectivity index (χ3n) is 6.29. The van der Waals surface area contributed by atoms with Crippen molar-refractivity contribution < 1.29 is 19.1 Å². The summed E-state index contributed by atoms with van der Waals surface area (Å²) < 4.78 is 17.5. The fraction of sp³-hybridized carbons (Fsp3) is 0.231. The van der Waals surface area contributed by atoms with Gasteiger partial charge in [-0.05, 0) is 37.1 Å². The first-order valence-electron chi connectivity index (χ1n) is 11.7. The van der Waals surface area contributed by atoms with Gasteiger partial charge in [0.1, 0.15) is 17.9 Å². The smallest absolute Gasteiger partial charge is 0.236 e. The minimum absolute atomic E-state index is 0.0613. The summed E-state index contributed by atoms with van der Waals surface area (Å²) in [4.78, 5) is 33.9. The number of carbonyl (C=O) groups excluding carboxylic acids is 2. The van der Waals surface area contributed by atoms with Gasteiger partial charge in [-0.25, -0.2) is 18.9 Å². The number of nitrogens with zero attached hydrogens (tertiary/aromatic N) is 6. The summed E-state index contributed by atoms with van der Waals surface area (Å²) in [5.41, 5.74) is 1.56. The zero-order valence-corrected chi connectivity index (χ0v) is 19.6. The molecule has 4 heterocycles. The molecule has 5 rings (SSSR count). The molecule has 1 aliphatic rings. The highest BCUT2D eigenvalue weighted by Gasteiger charge is 2.26. The van der Waals surface area contributed by atoms with E-state index < -0.39 is 5.82 Å². The highest BCUT2D eigenvalue weighted by Crippen LogP contribution is 2.33. The number of nitriles is 1. The monoisotopic (exact) mass is 499 g/mol. The zero-order valence-electron chi connectivity index (χ0n) is 19.6. The number of phenolic OH excluding ortho intramolecular Hbond substituents is 1. The number of nitrogens with one attached hydrogen (secondary N) is 1. The predicted molar refractivity (Wildman–Crippen MR) is 132 cm³/mol. The Morgan fingerprint density at radius 3 is 2.95 bits per heavy atom. The van der Waals surface area contributed by atoms with E-state index in [0.29, 0.717) is 37.8 Å². The number of aldehydes is 1. The molecule has 4 aromatic rings. The molecule has 2 N–H and O–H groups in total. The number of benzene rings is 1. The quantitative estimate of drug-likeness (QED) is 0.385. The predicted octanol–water partition coefficient (Wildman–Crippen LogP) is 3.43. The standard InChI is InChI=1S/C26H22FN7O3/c27-23-24(16-6-7-17(15-35)21(36)12-16)31-25(19-13-29-34-11-2-1-5-20(19)34)32-26(23)30-18-4-3-10-33(14-18)22(37)8-9-28/h1-2,5-7,11-13,15,18,36H,3-4,8,10,14H2,(H,30,31,32)/t18-/m1/s1. The van der Waals surface area contributed by atoms with Crippen LogP contribution in [0.4, 0.5) is 10.2 Å². The third-order valence-corrected chi connectivity index (χ3v) is 6.29. The number of anilines is 1. The largest absolute Gasteiger partial charge is 0.507 e. The van der Waals surface area contributed by atoms with Crippen molar-refractivity contribution in [3.8, 4) is 34.5 Å². The molecule has 3 aromatic heterocycles. The average molecular weight is 500 g/mol. The van der Waals surface area contributed by atoms with Gasteiger partial charge < -0.3 is 15.3 Å². The molecular formula is C26H22FN7O3. The van der Waals surface area contributed by atoms with Gasteiger partial charge in [-0.1, -0.05) is 12.1 Å². The van der Waals surface area contributed by atoms with Gasteiger partial charge in [-0.3, -0.25) is 9.59 Å². The van der Waals surface area contributed by atoms with Crippen molar-refractivity contribution in [2.75, 3.05) is 18.4 Å². The molecular weight excluding hydrogens is 477 g/mol. The number of rotatable bonds is 6. The number of carbonyl (C=O) groups is 2. The van der Waals surface area contributed by atoms with E-state index >= 15 is 4.39 Å². The van der Waals surface area contributed by atoms with E-state index in [1.807, 2.05) is 24.3 Å². The van der Waals surface area contributed by atoms with Gasteiger partial charge >= 0.3 is 0 Å². The van der Waals surface area contributed by atoms with Crippen LogP contribution in [0.3, 0.4) is 0 Å². The number of fused-ring (bicyclic) bond motifs is 1. The number of pyridine rings is 1. The molecule has 1 atom stereocenters. The van der Waals surface area contributed by atoms with Gasteiger partial charge in [-0.15, -0.1) is 0 Å². The molecule has 0 saturated carbocycles. The number of aromatic hydroxyl groups is 1. The molecule has 37 heavy (non-hydrogen) atoms. The highest BCUT2D eigenvalue weighted by molar-refractivity contribution is 5.82. The summed E-state index contributed by atoms with van der Waals surface area (Å²) in [6.07, 6.45) is 5.03. The maximum atomic E-state index is 15.9. The van der Waals surface area contributed by atoms with Crippen molar-refractivity contribution in [2.24, 2.45) is 0 Å². The lowest BCUT2D eigenvalue weighted by molar-refractivity contribution is -0.131. The zero-order chi connectivity index (χ0) is 25.9. The van der Waals surface area contributed by atoms with Gasteiger partial charge in [-0.2, -0.15) is 10.4 Å². The van der Waals surface area contributed by atoms with Crippen molar-refractivity contribution >= 4 is 23.5 Å². The second-order valence-corrected chi connectivity index (χ2v) is 8.70. The highest BCUT2D eigenvalue weighted by atomic mass is 19.1. The number of phenols is 1. The van der Waals surface area contributed by atoms with Gasteiger partial charge in [0.15, 0.2) is 23.7 Å². The normalized spacial score (nSPS) is 15.4. The average Bonchev–Trinajstić information content (AvgIpc) is 3.34. The second kappa shape index (κ2) is 10.0. The van der Waals surface area contributed by atoms with Crippen LogP contribution in [0, 0.1) is 17.1 Å². The van der Waals surface area contributed by atoms with Crippen LogP contribution < -0.4 is 5.32 Å². The summed E-state index contributed by atoms with van der Waals surface area (Å²) in [7, 11) is 0. The molecule has 1 aliphatic heterocycles. The summed E-state index contributed by atoms with van der Waals surface area (Å²) in [5.74, 6) is -1.15. The van der Waals surface area contributed by atoms with Crippen LogP contribution in [0.2, 0.25) is 0 Å². The first-order valence-corrected chi connectivity index (χ1v) is 11.7. The minimum Gasteiger partial charge on any atom is -0.507 e. The first kappa shape index (κ1) is 23.9. The fourth-order valence-corrected chi connectivity index (χ4v) is 4.45. The number of piperidine rings is 1. The summed E-state index contributed by atoms with van der Waals surface area (Å²) >= 11 is 0. The van der Waals surface area contributed by atoms with Crippen molar-refractivity contribution in [3.63, 3.8) is 0 Å². The van der Waals surface area contributed by atoms with E-state index in [-0.39, 0.29) is 52.6 Å². The SMILES string of the molecule is N#CCC(=O)N1CCC[C@@H](Nc2nc(-c3cnn4ccccc34)nc(-c3ccc(C=O)c(O)c3)c2F)C1. The van der Waals surface area contributed by atoms with E-state index in [4.69, 9.17) is 5.26 Å². The Balaban J connectivity index is 1.58. The van der Waals surface area contributed by atoms with Crippen LogP contribution >= 0.6 is 0 Å². The number of aromatic nitrogens is 4. The van der Waals surface area contributed by atoms with Crippen LogP contribution in [0.1, 0.15) is 29.6 Å². The minimum atomic E-state index is -0.737. The molecule has 0 bridgehead atoms. The van der Waals surface area contributed by atoms with Gasteiger partial charge in [0, 0.05) is 30.9 Å². The molecule has 0 unspecified atom stereocenters. The van der Waals surface area contributed by atoms with Crippen molar-refractivity contribution in [1.29, 1.82) is 5.26 Å². The Kier molecular flexibility index (Phi) is 6.47. The molecule has 1 saturated heterocycles. The lowest BCUT2D eigenvalue weighted by Gasteiger charge is -2.33. The van der Waals surface area contributed by atoms with Crippen molar-refractivity contribution in [2.45, 2.75) is 25.3 Å². The molecule has 11 heteroatoms. The molecule has 0 aliphatic carbocycles. The van der Waals surface area contributed by atoms with Crippen molar-refractivity contribution in [3.05, 3.63) is 60.2 Å². The lowest BCUT2D eigenvalue weighted by atomic mass is 10.0. The van der Waals surface area contributed by atoms with E-state index in [1.165, 1.54) is 18.2 Å². The number of amides is 1. The van der Waals surface area contributed by atoms with E-state index in [9.17, 15) is 14.7 Å².